The molecule has 0 aliphatic heterocycles. The maximum absolute atomic E-state index is 13.2. The van der Waals surface area contributed by atoms with Crippen molar-refractivity contribution in [3.05, 3.63) is 67.9 Å². The van der Waals surface area contributed by atoms with Gasteiger partial charge in [0.15, 0.2) is 5.16 Å². The molecular weight excluding hydrogens is 439 g/mol. The van der Waals surface area contributed by atoms with Gasteiger partial charge in [-0.05, 0) is 30.3 Å². The number of thioether (sulfide) groups is 1. The molecule has 0 atom stereocenters. The minimum atomic E-state index is -0.183. The molecule has 2 aromatic carbocycles. The number of nitrogens with zero attached hydrogens (tertiary/aromatic N) is 4. The minimum Gasteiger partial charge on any atom is -0.495 e. The van der Waals surface area contributed by atoms with Crippen LogP contribution in [0.2, 0.25) is 9.36 Å². The predicted molar refractivity (Wildman–Crippen MR) is 113 cm³/mol. The molecule has 4 aromatic rings. The molecule has 0 saturated carbocycles. The van der Waals surface area contributed by atoms with Crippen molar-refractivity contribution in [3.8, 4) is 11.4 Å². The molecule has 0 radical (unpaired) electrons. The first-order chi connectivity index (χ1) is 13.6. The number of hydrogen-bond acceptors (Lipinski definition) is 7. The van der Waals surface area contributed by atoms with Crippen molar-refractivity contribution in [2.45, 2.75) is 10.9 Å². The molecule has 142 valence electrons. The molecule has 2 aromatic heterocycles. The summed E-state index contributed by atoms with van der Waals surface area (Å²) in [6.45, 7) is 0. The van der Waals surface area contributed by atoms with Gasteiger partial charge in [0.05, 0.1) is 28.7 Å². The Bertz CT molecular complexity index is 1230. The molecular formula is C18H12Cl2N4O2S2. The molecule has 4 rings (SSSR count). The summed E-state index contributed by atoms with van der Waals surface area (Å²) in [4.78, 5) is 17.9. The van der Waals surface area contributed by atoms with Crippen LogP contribution in [0.15, 0.2) is 52.4 Å². The van der Waals surface area contributed by atoms with Gasteiger partial charge in [0.2, 0.25) is 0 Å². The van der Waals surface area contributed by atoms with Crippen molar-refractivity contribution >= 4 is 57.4 Å². The molecule has 6 nitrogen and oxygen atoms in total. The van der Waals surface area contributed by atoms with E-state index in [1.54, 1.807) is 24.3 Å². The Hall–Kier alpha value is -2.13. The molecule has 0 spiro atoms. The summed E-state index contributed by atoms with van der Waals surface area (Å²) in [5.41, 5.74) is 1.68. The van der Waals surface area contributed by atoms with E-state index in [0.29, 0.717) is 48.3 Å². The normalized spacial score (nSPS) is 11.1. The number of rotatable bonds is 5. The molecule has 0 saturated heterocycles. The van der Waals surface area contributed by atoms with Crippen LogP contribution in [-0.2, 0) is 5.75 Å². The van der Waals surface area contributed by atoms with Gasteiger partial charge >= 0.3 is 0 Å². The molecule has 0 unspecified atom stereocenters. The lowest BCUT2D eigenvalue weighted by atomic mass is 10.2. The van der Waals surface area contributed by atoms with Crippen LogP contribution in [0.3, 0.4) is 0 Å². The van der Waals surface area contributed by atoms with Gasteiger partial charge in [-0.3, -0.25) is 9.36 Å². The third kappa shape index (κ3) is 3.60. The highest BCUT2D eigenvalue weighted by molar-refractivity contribution is 7.98. The highest BCUT2D eigenvalue weighted by atomic mass is 35.5. The zero-order valence-corrected chi connectivity index (χ0v) is 17.6. The minimum absolute atomic E-state index is 0.183. The lowest BCUT2D eigenvalue weighted by Crippen LogP contribution is -2.21. The number of hydrogen-bond donors (Lipinski definition) is 0. The topological polar surface area (TPSA) is 69.9 Å². The van der Waals surface area contributed by atoms with Crippen molar-refractivity contribution in [1.29, 1.82) is 0 Å². The highest BCUT2D eigenvalue weighted by Crippen LogP contribution is 2.30. The van der Waals surface area contributed by atoms with Crippen molar-refractivity contribution in [1.82, 2.24) is 19.1 Å². The largest absolute Gasteiger partial charge is 0.495 e. The first-order valence-corrected chi connectivity index (χ1v) is 10.5. The molecule has 10 heteroatoms. The predicted octanol–water partition coefficient (Wildman–Crippen LogP) is 4.84. The van der Waals surface area contributed by atoms with E-state index in [2.05, 4.69) is 14.6 Å². The number of benzene rings is 2. The quantitative estimate of drug-likeness (QED) is 0.319. The number of para-hydroxylation sites is 1. The standard InChI is InChI=1S/C18H12Cl2N4O2S2/c1-26-15-7-6-10(8-12(15)19)24-17(25)11-4-2-3-5-13(11)21-18(24)27-9-14-16(20)28-23-22-14/h2-8H,9H2,1H3. The SMILES string of the molecule is COc1ccc(-n2c(SCc3nnsc3Cl)nc3ccccc3c2=O)cc1Cl. The first kappa shape index (κ1) is 19.2. The molecule has 0 amide bonds. The average Bonchev–Trinajstić information content (AvgIpc) is 3.11. The lowest BCUT2D eigenvalue weighted by molar-refractivity contribution is 0.415. The Morgan fingerprint density at radius 3 is 2.75 bits per heavy atom. The fraction of sp³-hybridized carbons (Fsp3) is 0.111. The van der Waals surface area contributed by atoms with Gasteiger partial charge < -0.3 is 4.74 Å². The average molecular weight is 451 g/mol. The number of fused-ring (bicyclic) bond motifs is 1. The van der Waals surface area contributed by atoms with Crippen molar-refractivity contribution < 1.29 is 4.74 Å². The van der Waals surface area contributed by atoms with Crippen LogP contribution in [0.4, 0.5) is 0 Å². The fourth-order valence-corrected chi connectivity index (χ4v) is 4.64. The molecule has 0 fully saturated rings. The number of aromatic nitrogens is 4. The fourth-order valence-electron chi connectivity index (χ4n) is 2.65. The second kappa shape index (κ2) is 8.08. The number of ether oxygens (including phenoxy) is 1. The van der Waals surface area contributed by atoms with Crippen molar-refractivity contribution in [3.63, 3.8) is 0 Å². The summed E-state index contributed by atoms with van der Waals surface area (Å²) in [5, 5.41) is 5.45. The molecule has 2 heterocycles. The van der Waals surface area contributed by atoms with Crippen LogP contribution < -0.4 is 10.3 Å². The van der Waals surface area contributed by atoms with Gasteiger partial charge in [0.25, 0.3) is 5.56 Å². The zero-order valence-electron chi connectivity index (χ0n) is 14.4. The van der Waals surface area contributed by atoms with Crippen LogP contribution in [0, 0.1) is 0 Å². The summed E-state index contributed by atoms with van der Waals surface area (Å²) in [5.74, 6) is 0.964. The second-order valence-electron chi connectivity index (χ2n) is 5.65. The molecule has 0 N–H and O–H groups in total. The van der Waals surface area contributed by atoms with Gasteiger partial charge in [-0.15, -0.1) is 5.10 Å². The van der Waals surface area contributed by atoms with Crippen LogP contribution in [0.25, 0.3) is 16.6 Å². The molecule has 0 bridgehead atoms. The van der Waals surface area contributed by atoms with E-state index in [4.69, 9.17) is 27.9 Å². The summed E-state index contributed by atoms with van der Waals surface area (Å²) >= 11 is 14.9. The molecule has 28 heavy (non-hydrogen) atoms. The smallest absolute Gasteiger partial charge is 0.266 e. The maximum Gasteiger partial charge on any atom is 0.266 e. The summed E-state index contributed by atoms with van der Waals surface area (Å²) in [7, 11) is 1.54. The van der Waals surface area contributed by atoms with Crippen LogP contribution in [0.5, 0.6) is 5.75 Å². The first-order valence-electron chi connectivity index (χ1n) is 8.03. The number of methoxy groups -OCH3 is 1. The van der Waals surface area contributed by atoms with E-state index in [1.165, 1.54) is 23.4 Å². The third-order valence-corrected chi connectivity index (χ3v) is 6.22. The Labute approximate surface area is 178 Å². The van der Waals surface area contributed by atoms with Crippen LogP contribution >= 0.6 is 46.5 Å². The van der Waals surface area contributed by atoms with E-state index < -0.39 is 0 Å². The highest BCUT2D eigenvalue weighted by Gasteiger charge is 2.16. The van der Waals surface area contributed by atoms with Gasteiger partial charge in [-0.1, -0.05) is 51.6 Å². The lowest BCUT2D eigenvalue weighted by Gasteiger charge is -2.14. The summed E-state index contributed by atoms with van der Waals surface area (Å²) < 4.78 is 11.1. The van der Waals surface area contributed by atoms with Gasteiger partial charge in [0.1, 0.15) is 15.8 Å². The summed E-state index contributed by atoms with van der Waals surface area (Å²) in [6.07, 6.45) is 0. The molecule has 0 aliphatic carbocycles. The van der Waals surface area contributed by atoms with E-state index in [0.717, 1.165) is 11.5 Å². The van der Waals surface area contributed by atoms with Gasteiger partial charge in [-0.25, -0.2) is 4.98 Å². The van der Waals surface area contributed by atoms with Crippen molar-refractivity contribution in [2.75, 3.05) is 7.11 Å². The zero-order chi connectivity index (χ0) is 19.7. The summed E-state index contributed by atoms with van der Waals surface area (Å²) in [6, 6.07) is 12.4. The Morgan fingerprint density at radius 2 is 2.04 bits per heavy atom. The van der Waals surface area contributed by atoms with Crippen molar-refractivity contribution in [2.24, 2.45) is 0 Å². The van der Waals surface area contributed by atoms with Crippen LogP contribution in [-0.4, -0.2) is 26.2 Å². The molecule has 0 aliphatic rings. The van der Waals surface area contributed by atoms with Gasteiger partial charge in [0, 0.05) is 17.3 Å². The van der Waals surface area contributed by atoms with Gasteiger partial charge in [-0.2, -0.15) is 0 Å². The monoisotopic (exact) mass is 450 g/mol. The van der Waals surface area contributed by atoms with E-state index in [-0.39, 0.29) is 5.56 Å². The van der Waals surface area contributed by atoms with E-state index in [1.807, 2.05) is 18.2 Å². The van der Waals surface area contributed by atoms with E-state index >= 15 is 0 Å². The second-order valence-corrected chi connectivity index (χ2v) is 8.36. The maximum atomic E-state index is 13.2. The Morgan fingerprint density at radius 1 is 1.21 bits per heavy atom. The van der Waals surface area contributed by atoms with Crippen LogP contribution in [0.1, 0.15) is 5.69 Å². The van der Waals surface area contributed by atoms with E-state index in [9.17, 15) is 4.79 Å². The Kier molecular flexibility index (Phi) is 5.54. The number of halogens is 2. The third-order valence-electron chi connectivity index (χ3n) is 3.99. The Balaban J connectivity index is 1.87.